The standard InChI is InChI=1S/C19H21ClN2O2/c20-18-17(10-5-11-21-18)19(23)22-15-7-4-6-14(12-15)13-24-16-8-2-1-3-9-16/h4-7,10-12,16H,1-3,8-9,13H2,(H,22,23). The van der Waals surface area contributed by atoms with Gasteiger partial charge in [0, 0.05) is 11.9 Å². The van der Waals surface area contributed by atoms with E-state index in [0.29, 0.717) is 18.3 Å². The molecule has 1 aromatic carbocycles. The van der Waals surface area contributed by atoms with E-state index in [1.54, 1.807) is 18.3 Å². The van der Waals surface area contributed by atoms with Crippen molar-refractivity contribution < 1.29 is 9.53 Å². The molecular weight excluding hydrogens is 324 g/mol. The van der Waals surface area contributed by atoms with Crippen molar-refractivity contribution in [1.82, 2.24) is 4.98 Å². The van der Waals surface area contributed by atoms with Gasteiger partial charge in [-0.05, 0) is 42.7 Å². The van der Waals surface area contributed by atoms with Crippen LogP contribution in [0, 0.1) is 0 Å². The number of carbonyl (C=O) groups excluding carboxylic acids is 1. The summed E-state index contributed by atoms with van der Waals surface area (Å²) in [6.45, 7) is 0.571. The van der Waals surface area contributed by atoms with Gasteiger partial charge in [-0.15, -0.1) is 0 Å². The van der Waals surface area contributed by atoms with Crippen LogP contribution in [0.5, 0.6) is 0 Å². The number of nitrogens with one attached hydrogen (secondary N) is 1. The SMILES string of the molecule is O=C(Nc1cccc(COC2CCCCC2)c1)c1cccnc1Cl. The lowest BCUT2D eigenvalue weighted by molar-refractivity contribution is 0.0169. The van der Waals surface area contributed by atoms with Gasteiger partial charge in [-0.3, -0.25) is 4.79 Å². The summed E-state index contributed by atoms with van der Waals surface area (Å²) in [6, 6.07) is 11.1. The molecule has 4 nitrogen and oxygen atoms in total. The van der Waals surface area contributed by atoms with Crippen molar-refractivity contribution in [2.75, 3.05) is 5.32 Å². The maximum absolute atomic E-state index is 12.3. The molecule has 0 saturated heterocycles. The van der Waals surface area contributed by atoms with Crippen LogP contribution in [-0.2, 0) is 11.3 Å². The van der Waals surface area contributed by atoms with Crippen molar-refractivity contribution in [2.45, 2.75) is 44.8 Å². The normalized spacial score (nSPS) is 15.2. The molecule has 0 spiro atoms. The van der Waals surface area contributed by atoms with Crippen LogP contribution >= 0.6 is 11.6 Å². The van der Waals surface area contributed by atoms with Crippen molar-refractivity contribution in [2.24, 2.45) is 0 Å². The van der Waals surface area contributed by atoms with Gasteiger partial charge in [0.2, 0.25) is 0 Å². The smallest absolute Gasteiger partial charge is 0.258 e. The third-order valence-electron chi connectivity index (χ3n) is 4.23. The molecule has 1 aliphatic rings. The number of ether oxygens (including phenoxy) is 1. The maximum Gasteiger partial charge on any atom is 0.258 e. The molecule has 0 unspecified atom stereocenters. The van der Waals surface area contributed by atoms with Gasteiger partial charge in [0.05, 0.1) is 18.3 Å². The van der Waals surface area contributed by atoms with Crippen molar-refractivity contribution in [3.63, 3.8) is 0 Å². The molecule has 0 bridgehead atoms. The van der Waals surface area contributed by atoms with Crippen LogP contribution in [0.3, 0.4) is 0 Å². The highest BCUT2D eigenvalue weighted by molar-refractivity contribution is 6.33. The summed E-state index contributed by atoms with van der Waals surface area (Å²) in [6.07, 6.45) is 8.05. The summed E-state index contributed by atoms with van der Waals surface area (Å²) in [4.78, 5) is 16.2. The fraction of sp³-hybridized carbons (Fsp3) is 0.368. The van der Waals surface area contributed by atoms with Crippen LogP contribution in [0.25, 0.3) is 0 Å². The molecule has 1 saturated carbocycles. The number of carbonyl (C=O) groups is 1. The lowest BCUT2D eigenvalue weighted by Gasteiger charge is -2.22. The van der Waals surface area contributed by atoms with Crippen LogP contribution in [0.1, 0.15) is 48.0 Å². The monoisotopic (exact) mass is 344 g/mol. The second-order valence-corrected chi connectivity index (χ2v) is 6.43. The second-order valence-electron chi connectivity index (χ2n) is 6.07. The minimum atomic E-state index is -0.265. The van der Waals surface area contributed by atoms with Gasteiger partial charge in [0.25, 0.3) is 5.91 Å². The Morgan fingerprint density at radius 1 is 1.21 bits per heavy atom. The Bertz CT molecular complexity index is 699. The van der Waals surface area contributed by atoms with Crippen LogP contribution < -0.4 is 5.32 Å². The Hall–Kier alpha value is -1.91. The van der Waals surface area contributed by atoms with Gasteiger partial charge >= 0.3 is 0 Å². The average Bonchev–Trinajstić information content (AvgIpc) is 2.61. The van der Waals surface area contributed by atoms with Crippen LogP contribution in [0.4, 0.5) is 5.69 Å². The van der Waals surface area contributed by atoms with Crippen molar-refractivity contribution in [3.05, 3.63) is 58.9 Å². The van der Waals surface area contributed by atoms with E-state index in [2.05, 4.69) is 10.3 Å². The Morgan fingerprint density at radius 2 is 2.04 bits per heavy atom. The predicted molar refractivity (Wildman–Crippen MR) is 95.3 cm³/mol. The van der Waals surface area contributed by atoms with Crippen LogP contribution in [0.2, 0.25) is 5.15 Å². The zero-order chi connectivity index (χ0) is 16.8. The molecule has 1 heterocycles. The first-order chi connectivity index (χ1) is 11.7. The first-order valence-corrected chi connectivity index (χ1v) is 8.72. The molecule has 1 N–H and O–H groups in total. The first kappa shape index (κ1) is 16.9. The quantitative estimate of drug-likeness (QED) is 0.790. The van der Waals surface area contributed by atoms with E-state index >= 15 is 0 Å². The molecule has 0 aliphatic heterocycles. The summed E-state index contributed by atoms with van der Waals surface area (Å²) in [5, 5.41) is 3.06. The number of aromatic nitrogens is 1. The highest BCUT2D eigenvalue weighted by atomic mass is 35.5. The fourth-order valence-corrected chi connectivity index (χ4v) is 3.14. The highest BCUT2D eigenvalue weighted by Gasteiger charge is 2.14. The average molecular weight is 345 g/mol. The van der Waals surface area contributed by atoms with Gasteiger partial charge in [-0.25, -0.2) is 4.98 Å². The zero-order valence-corrected chi connectivity index (χ0v) is 14.3. The summed E-state index contributed by atoms with van der Waals surface area (Å²) < 4.78 is 5.99. The Kier molecular flexibility index (Phi) is 5.83. The molecule has 24 heavy (non-hydrogen) atoms. The summed E-state index contributed by atoms with van der Waals surface area (Å²) in [5.41, 5.74) is 2.14. The third-order valence-corrected chi connectivity index (χ3v) is 4.53. The second kappa shape index (κ2) is 8.27. The lowest BCUT2D eigenvalue weighted by atomic mass is 9.98. The van der Waals surface area contributed by atoms with Crippen molar-refractivity contribution >= 4 is 23.2 Å². The number of hydrogen-bond acceptors (Lipinski definition) is 3. The van der Waals surface area contributed by atoms with Crippen molar-refractivity contribution in [1.29, 1.82) is 0 Å². The molecule has 5 heteroatoms. The van der Waals surface area contributed by atoms with E-state index in [4.69, 9.17) is 16.3 Å². The van der Waals surface area contributed by atoms with E-state index in [0.717, 1.165) is 24.1 Å². The minimum Gasteiger partial charge on any atom is -0.374 e. The summed E-state index contributed by atoms with van der Waals surface area (Å²) in [7, 11) is 0. The summed E-state index contributed by atoms with van der Waals surface area (Å²) in [5.74, 6) is -0.265. The molecule has 1 fully saturated rings. The Labute approximate surface area is 147 Å². The van der Waals surface area contributed by atoms with E-state index in [9.17, 15) is 4.79 Å². The van der Waals surface area contributed by atoms with Gasteiger partial charge < -0.3 is 10.1 Å². The molecule has 1 aromatic heterocycles. The van der Waals surface area contributed by atoms with E-state index in [1.165, 1.54) is 19.3 Å². The van der Waals surface area contributed by atoms with Gasteiger partial charge in [0.15, 0.2) is 0 Å². The van der Waals surface area contributed by atoms with Crippen LogP contribution in [0.15, 0.2) is 42.6 Å². The molecular formula is C19H21ClN2O2. The number of amides is 1. The van der Waals surface area contributed by atoms with Crippen LogP contribution in [-0.4, -0.2) is 17.0 Å². The van der Waals surface area contributed by atoms with E-state index in [1.807, 2.05) is 24.3 Å². The zero-order valence-electron chi connectivity index (χ0n) is 13.5. The number of hydrogen-bond donors (Lipinski definition) is 1. The van der Waals surface area contributed by atoms with Gasteiger partial charge in [0.1, 0.15) is 5.15 Å². The van der Waals surface area contributed by atoms with Gasteiger partial charge in [-0.1, -0.05) is 43.0 Å². The lowest BCUT2D eigenvalue weighted by Crippen LogP contribution is -2.16. The summed E-state index contributed by atoms with van der Waals surface area (Å²) >= 11 is 5.96. The Balaban J connectivity index is 1.60. The Morgan fingerprint density at radius 3 is 2.83 bits per heavy atom. The largest absolute Gasteiger partial charge is 0.374 e. The molecule has 1 amide bonds. The molecule has 126 valence electrons. The number of nitrogens with zero attached hydrogens (tertiary/aromatic N) is 1. The first-order valence-electron chi connectivity index (χ1n) is 8.35. The molecule has 0 radical (unpaired) electrons. The maximum atomic E-state index is 12.3. The number of pyridine rings is 1. The van der Waals surface area contributed by atoms with E-state index < -0.39 is 0 Å². The minimum absolute atomic E-state index is 0.201. The number of benzene rings is 1. The predicted octanol–water partition coefficient (Wildman–Crippen LogP) is 4.84. The molecule has 0 atom stereocenters. The molecule has 3 rings (SSSR count). The molecule has 2 aromatic rings. The highest BCUT2D eigenvalue weighted by Crippen LogP contribution is 2.22. The number of anilines is 1. The number of halogens is 1. The number of rotatable bonds is 5. The van der Waals surface area contributed by atoms with Crippen molar-refractivity contribution in [3.8, 4) is 0 Å². The molecule has 1 aliphatic carbocycles. The van der Waals surface area contributed by atoms with E-state index in [-0.39, 0.29) is 11.1 Å². The van der Waals surface area contributed by atoms with Gasteiger partial charge in [-0.2, -0.15) is 0 Å². The fourth-order valence-electron chi connectivity index (χ4n) is 2.94. The topological polar surface area (TPSA) is 51.2 Å². The third kappa shape index (κ3) is 4.56.